The summed E-state index contributed by atoms with van der Waals surface area (Å²) in [5, 5.41) is 0. The van der Waals surface area contributed by atoms with Crippen LogP contribution in [-0.4, -0.2) is 23.9 Å². The van der Waals surface area contributed by atoms with E-state index in [0.29, 0.717) is 6.07 Å². The quantitative estimate of drug-likeness (QED) is 0.789. The minimum absolute atomic E-state index is 0.125. The molecule has 0 radical (unpaired) electrons. The SMILES string of the molecule is Cc1cnc(OCC(F)(F)C(F)F)c(C(F)(F)F)c1. The summed E-state index contributed by atoms with van der Waals surface area (Å²) in [6, 6.07) is 0.628. The van der Waals surface area contributed by atoms with Crippen LogP contribution in [0.3, 0.4) is 0 Å². The lowest BCUT2D eigenvalue weighted by Crippen LogP contribution is -2.34. The molecule has 0 aliphatic heterocycles. The van der Waals surface area contributed by atoms with Crippen molar-refractivity contribution in [3.05, 3.63) is 23.4 Å². The molecular weight excluding hydrogens is 283 g/mol. The highest BCUT2D eigenvalue weighted by Crippen LogP contribution is 2.36. The summed E-state index contributed by atoms with van der Waals surface area (Å²) in [7, 11) is 0. The highest BCUT2D eigenvalue weighted by atomic mass is 19.4. The minimum Gasteiger partial charge on any atom is -0.471 e. The molecule has 1 heterocycles. The lowest BCUT2D eigenvalue weighted by Gasteiger charge is -2.18. The molecule has 0 aromatic carbocycles. The Balaban J connectivity index is 2.96. The highest BCUT2D eigenvalue weighted by Gasteiger charge is 2.43. The molecule has 1 rings (SSSR count). The van der Waals surface area contributed by atoms with Crippen molar-refractivity contribution in [2.45, 2.75) is 25.4 Å². The fourth-order valence-electron chi connectivity index (χ4n) is 1.10. The summed E-state index contributed by atoms with van der Waals surface area (Å²) >= 11 is 0. The van der Waals surface area contributed by atoms with Gasteiger partial charge in [0.25, 0.3) is 0 Å². The van der Waals surface area contributed by atoms with E-state index in [9.17, 15) is 30.7 Å². The molecule has 0 saturated heterocycles. The van der Waals surface area contributed by atoms with Crippen molar-refractivity contribution in [2.24, 2.45) is 0 Å². The molecule has 0 atom stereocenters. The first-order chi connectivity index (χ1) is 8.54. The Hall–Kier alpha value is -1.54. The largest absolute Gasteiger partial charge is 0.471 e. The van der Waals surface area contributed by atoms with Crippen LogP contribution in [0.5, 0.6) is 5.88 Å². The summed E-state index contributed by atoms with van der Waals surface area (Å²) in [6.07, 6.45) is -7.97. The van der Waals surface area contributed by atoms with E-state index in [1.807, 2.05) is 0 Å². The first-order valence-corrected chi connectivity index (χ1v) is 4.86. The van der Waals surface area contributed by atoms with Gasteiger partial charge in [-0.3, -0.25) is 0 Å². The molecule has 0 N–H and O–H groups in total. The molecule has 108 valence electrons. The van der Waals surface area contributed by atoms with Crippen LogP contribution in [0.15, 0.2) is 12.3 Å². The first-order valence-electron chi connectivity index (χ1n) is 4.86. The van der Waals surface area contributed by atoms with Gasteiger partial charge in [-0.05, 0) is 18.6 Å². The van der Waals surface area contributed by atoms with E-state index in [4.69, 9.17) is 0 Å². The number of rotatable bonds is 4. The van der Waals surface area contributed by atoms with Gasteiger partial charge in [0.05, 0.1) is 0 Å². The first kappa shape index (κ1) is 15.5. The summed E-state index contributed by atoms with van der Waals surface area (Å²) in [6.45, 7) is -0.580. The van der Waals surface area contributed by atoms with Crippen molar-refractivity contribution < 1.29 is 35.5 Å². The molecule has 0 fully saturated rings. The van der Waals surface area contributed by atoms with Gasteiger partial charge in [-0.25, -0.2) is 13.8 Å². The molecule has 0 aliphatic rings. The van der Waals surface area contributed by atoms with Crippen molar-refractivity contribution in [1.29, 1.82) is 0 Å². The number of ether oxygens (including phenoxy) is 1. The number of pyridine rings is 1. The standard InChI is InChI=1S/C10H8F7NO/c1-5-2-6(10(15,16)17)7(18-3-5)19-4-9(13,14)8(11)12/h2-3,8H,4H2,1H3. The van der Waals surface area contributed by atoms with Gasteiger partial charge >= 0.3 is 18.5 Å². The Bertz CT molecular complexity index is 444. The lowest BCUT2D eigenvalue weighted by molar-refractivity contribution is -0.154. The summed E-state index contributed by atoms with van der Waals surface area (Å²) in [4.78, 5) is 3.19. The van der Waals surface area contributed by atoms with Crippen LogP contribution < -0.4 is 4.74 Å². The van der Waals surface area contributed by atoms with Gasteiger partial charge in [0.1, 0.15) is 5.56 Å². The Morgan fingerprint density at radius 1 is 1.21 bits per heavy atom. The number of alkyl halides is 7. The molecular formula is C10H8F7NO. The zero-order valence-electron chi connectivity index (χ0n) is 9.44. The lowest BCUT2D eigenvalue weighted by atomic mass is 10.2. The Labute approximate surface area is 103 Å². The molecule has 2 nitrogen and oxygen atoms in total. The van der Waals surface area contributed by atoms with E-state index >= 15 is 0 Å². The number of aromatic nitrogens is 1. The molecule has 1 aromatic rings. The number of nitrogens with zero attached hydrogens (tertiary/aromatic N) is 1. The average molecular weight is 291 g/mol. The van der Waals surface area contributed by atoms with Crippen LogP contribution in [0.1, 0.15) is 11.1 Å². The number of hydrogen-bond acceptors (Lipinski definition) is 2. The normalized spacial score (nSPS) is 12.9. The number of aryl methyl sites for hydroxylation is 1. The zero-order chi connectivity index (χ0) is 14.8. The van der Waals surface area contributed by atoms with Crippen LogP contribution in [0.2, 0.25) is 0 Å². The maximum absolute atomic E-state index is 12.6. The van der Waals surface area contributed by atoms with E-state index in [-0.39, 0.29) is 5.56 Å². The third-order valence-electron chi connectivity index (χ3n) is 2.01. The fourth-order valence-corrected chi connectivity index (χ4v) is 1.10. The van der Waals surface area contributed by atoms with Gasteiger partial charge in [0.15, 0.2) is 6.61 Å². The molecule has 0 amide bonds. The second-order valence-electron chi connectivity index (χ2n) is 3.71. The summed E-state index contributed by atoms with van der Waals surface area (Å²) in [5.41, 5.74) is -1.27. The van der Waals surface area contributed by atoms with Crippen molar-refractivity contribution >= 4 is 0 Å². The van der Waals surface area contributed by atoms with Crippen LogP contribution >= 0.6 is 0 Å². The van der Waals surface area contributed by atoms with Crippen LogP contribution in [0.25, 0.3) is 0 Å². The zero-order valence-corrected chi connectivity index (χ0v) is 9.44. The second kappa shape index (κ2) is 5.22. The van der Waals surface area contributed by atoms with Crippen LogP contribution in [0, 0.1) is 6.92 Å². The second-order valence-corrected chi connectivity index (χ2v) is 3.71. The van der Waals surface area contributed by atoms with E-state index in [0.717, 1.165) is 6.20 Å². The van der Waals surface area contributed by atoms with Crippen molar-refractivity contribution in [2.75, 3.05) is 6.61 Å². The summed E-state index contributed by atoms with van der Waals surface area (Å²) < 4.78 is 90.5. The van der Waals surface area contributed by atoms with Gasteiger partial charge in [-0.15, -0.1) is 0 Å². The van der Waals surface area contributed by atoms with Crippen molar-refractivity contribution in [3.8, 4) is 5.88 Å². The molecule has 0 spiro atoms. The van der Waals surface area contributed by atoms with Crippen LogP contribution in [-0.2, 0) is 6.18 Å². The molecule has 19 heavy (non-hydrogen) atoms. The van der Waals surface area contributed by atoms with E-state index in [2.05, 4.69) is 9.72 Å². The summed E-state index contributed by atoms with van der Waals surface area (Å²) in [5.74, 6) is -5.70. The average Bonchev–Trinajstić information content (AvgIpc) is 2.26. The van der Waals surface area contributed by atoms with Gasteiger partial charge in [0, 0.05) is 6.20 Å². The van der Waals surface area contributed by atoms with Crippen molar-refractivity contribution in [1.82, 2.24) is 4.98 Å². The molecule has 0 saturated carbocycles. The van der Waals surface area contributed by atoms with Gasteiger partial charge in [-0.2, -0.15) is 22.0 Å². The topological polar surface area (TPSA) is 22.1 Å². The van der Waals surface area contributed by atoms with Gasteiger partial charge < -0.3 is 4.74 Å². The molecule has 0 aliphatic carbocycles. The van der Waals surface area contributed by atoms with E-state index in [1.165, 1.54) is 6.92 Å². The van der Waals surface area contributed by atoms with Crippen molar-refractivity contribution in [3.63, 3.8) is 0 Å². The van der Waals surface area contributed by atoms with Crippen LogP contribution in [0.4, 0.5) is 30.7 Å². The Morgan fingerprint density at radius 3 is 2.26 bits per heavy atom. The maximum atomic E-state index is 12.6. The van der Waals surface area contributed by atoms with E-state index < -0.39 is 36.6 Å². The maximum Gasteiger partial charge on any atom is 0.421 e. The predicted molar refractivity (Wildman–Crippen MR) is 50.4 cm³/mol. The fraction of sp³-hybridized carbons (Fsp3) is 0.500. The Kier molecular flexibility index (Phi) is 4.26. The third-order valence-corrected chi connectivity index (χ3v) is 2.01. The monoisotopic (exact) mass is 291 g/mol. The number of halogens is 7. The molecule has 1 aromatic heterocycles. The molecule has 0 bridgehead atoms. The Morgan fingerprint density at radius 2 is 1.79 bits per heavy atom. The minimum atomic E-state index is -4.88. The van der Waals surface area contributed by atoms with Gasteiger partial charge in [-0.1, -0.05) is 0 Å². The molecule has 9 heteroatoms. The van der Waals surface area contributed by atoms with E-state index in [1.54, 1.807) is 0 Å². The van der Waals surface area contributed by atoms with Gasteiger partial charge in [0.2, 0.25) is 5.88 Å². The predicted octanol–water partition coefficient (Wildman–Crippen LogP) is 3.69. The smallest absolute Gasteiger partial charge is 0.421 e. The number of hydrogen-bond donors (Lipinski definition) is 0. The highest BCUT2D eigenvalue weighted by molar-refractivity contribution is 5.32. The third kappa shape index (κ3) is 3.97. The molecule has 0 unspecified atom stereocenters.